The Morgan fingerprint density at radius 2 is 1.69 bits per heavy atom. The Hall–Kier alpha value is -2.66. The summed E-state index contributed by atoms with van der Waals surface area (Å²) in [5.41, 5.74) is 4.67. The summed E-state index contributed by atoms with van der Waals surface area (Å²) in [4.78, 5) is 16.8. The number of carboxylic acids is 1. The Bertz CT molecular complexity index is 1070. The molecule has 0 unspecified atom stereocenters. The summed E-state index contributed by atoms with van der Waals surface area (Å²) in [5, 5.41) is 9.85. The monoisotopic (exact) mass is 495 g/mol. The summed E-state index contributed by atoms with van der Waals surface area (Å²) >= 11 is 3.45. The maximum absolute atomic E-state index is 12.0. The lowest BCUT2D eigenvalue weighted by Crippen LogP contribution is -2.15. The van der Waals surface area contributed by atoms with Crippen LogP contribution in [0.2, 0.25) is 0 Å². The average Bonchev–Trinajstić information content (AvgIpc) is 2.78. The molecule has 0 aliphatic rings. The lowest BCUT2D eigenvalue weighted by molar-refractivity contribution is 0.0693. The molecule has 1 aromatic heterocycles. The molecule has 3 aromatic rings. The molecule has 2 aromatic carbocycles. The zero-order valence-electron chi connectivity index (χ0n) is 19.1. The van der Waals surface area contributed by atoms with Crippen molar-refractivity contribution in [1.29, 1.82) is 0 Å². The van der Waals surface area contributed by atoms with Gasteiger partial charge in [0.2, 0.25) is 0 Å². The standard InChI is InChI=1S/C27H30BrNO3/c1-5-7-24-22(18-8-12-20(28)13-9-18)16-23(26(30)31)25(29-24)17-32-21-14-10-19(11-15-21)27(3,4)6-2/h8-16H,5-7,17H2,1-4H3,(H,30,31). The topological polar surface area (TPSA) is 59.4 Å². The van der Waals surface area contributed by atoms with Crippen LogP contribution in [0, 0.1) is 0 Å². The smallest absolute Gasteiger partial charge is 0.337 e. The highest BCUT2D eigenvalue weighted by atomic mass is 79.9. The molecule has 0 fully saturated rings. The van der Waals surface area contributed by atoms with Crippen molar-refractivity contribution in [2.24, 2.45) is 0 Å². The van der Waals surface area contributed by atoms with Gasteiger partial charge in [-0.05, 0) is 59.7 Å². The number of aromatic carboxylic acids is 1. The lowest BCUT2D eigenvalue weighted by Gasteiger charge is -2.23. The molecule has 0 aliphatic heterocycles. The van der Waals surface area contributed by atoms with E-state index in [1.54, 1.807) is 6.07 Å². The van der Waals surface area contributed by atoms with Gasteiger partial charge in [-0.2, -0.15) is 0 Å². The van der Waals surface area contributed by atoms with Crippen LogP contribution in [0.25, 0.3) is 11.1 Å². The van der Waals surface area contributed by atoms with E-state index in [1.807, 2.05) is 36.4 Å². The molecule has 0 radical (unpaired) electrons. The Kier molecular flexibility index (Phi) is 7.73. The van der Waals surface area contributed by atoms with Crippen molar-refractivity contribution in [3.05, 3.63) is 81.6 Å². The molecule has 0 amide bonds. The molecule has 1 N–H and O–H groups in total. The summed E-state index contributed by atoms with van der Waals surface area (Å²) in [7, 11) is 0. The fourth-order valence-electron chi connectivity index (χ4n) is 3.55. The minimum atomic E-state index is -1.00. The van der Waals surface area contributed by atoms with Crippen molar-refractivity contribution in [2.45, 2.75) is 59.0 Å². The number of aromatic nitrogens is 1. The molecule has 0 spiro atoms. The van der Waals surface area contributed by atoms with Crippen LogP contribution >= 0.6 is 15.9 Å². The van der Waals surface area contributed by atoms with Crippen molar-refractivity contribution in [3.63, 3.8) is 0 Å². The Morgan fingerprint density at radius 1 is 1.03 bits per heavy atom. The van der Waals surface area contributed by atoms with E-state index in [2.05, 4.69) is 55.8 Å². The summed E-state index contributed by atoms with van der Waals surface area (Å²) < 4.78 is 6.92. The van der Waals surface area contributed by atoms with Crippen molar-refractivity contribution in [2.75, 3.05) is 0 Å². The number of rotatable bonds is 9. The molecular weight excluding hydrogens is 466 g/mol. The number of halogens is 1. The van der Waals surface area contributed by atoms with Crippen LogP contribution in [-0.2, 0) is 18.4 Å². The number of hydrogen-bond acceptors (Lipinski definition) is 3. The molecular formula is C27H30BrNO3. The minimum absolute atomic E-state index is 0.106. The van der Waals surface area contributed by atoms with Crippen LogP contribution < -0.4 is 4.74 Å². The van der Waals surface area contributed by atoms with Gasteiger partial charge < -0.3 is 9.84 Å². The number of carbonyl (C=O) groups is 1. The first-order valence-electron chi connectivity index (χ1n) is 11.0. The van der Waals surface area contributed by atoms with Gasteiger partial charge in [0.15, 0.2) is 0 Å². The lowest BCUT2D eigenvalue weighted by atomic mass is 9.82. The van der Waals surface area contributed by atoms with E-state index in [0.717, 1.165) is 40.6 Å². The van der Waals surface area contributed by atoms with Crippen LogP contribution in [0.4, 0.5) is 0 Å². The second-order valence-corrected chi connectivity index (χ2v) is 9.51. The fourth-order valence-corrected chi connectivity index (χ4v) is 3.82. The van der Waals surface area contributed by atoms with Gasteiger partial charge in [-0.25, -0.2) is 4.79 Å². The third kappa shape index (κ3) is 5.57. The van der Waals surface area contributed by atoms with Gasteiger partial charge in [0.1, 0.15) is 12.4 Å². The number of hydrogen-bond donors (Lipinski definition) is 1. The van der Waals surface area contributed by atoms with E-state index in [9.17, 15) is 9.90 Å². The zero-order valence-corrected chi connectivity index (χ0v) is 20.7. The van der Waals surface area contributed by atoms with Crippen LogP contribution in [0.3, 0.4) is 0 Å². The predicted octanol–water partition coefficient (Wildman–Crippen LogP) is 7.43. The molecule has 0 saturated heterocycles. The summed E-state index contributed by atoms with van der Waals surface area (Å²) in [6.07, 6.45) is 2.72. The maximum atomic E-state index is 12.0. The molecule has 168 valence electrons. The number of benzene rings is 2. The number of ether oxygens (including phenoxy) is 1. The zero-order chi connectivity index (χ0) is 23.3. The van der Waals surface area contributed by atoms with Crippen LogP contribution in [0.15, 0.2) is 59.1 Å². The van der Waals surface area contributed by atoms with E-state index in [0.29, 0.717) is 11.4 Å². The van der Waals surface area contributed by atoms with Crippen LogP contribution in [0.5, 0.6) is 5.75 Å². The molecule has 3 rings (SSSR count). The maximum Gasteiger partial charge on any atom is 0.337 e. The highest BCUT2D eigenvalue weighted by molar-refractivity contribution is 9.10. The van der Waals surface area contributed by atoms with Gasteiger partial charge in [-0.1, -0.05) is 74.3 Å². The Balaban J connectivity index is 1.91. The summed E-state index contributed by atoms with van der Waals surface area (Å²) in [6, 6.07) is 17.6. The van der Waals surface area contributed by atoms with Gasteiger partial charge in [-0.3, -0.25) is 4.98 Å². The van der Waals surface area contributed by atoms with E-state index in [-0.39, 0.29) is 17.6 Å². The highest BCUT2D eigenvalue weighted by Crippen LogP contribution is 2.30. The molecule has 0 bridgehead atoms. The van der Waals surface area contributed by atoms with Gasteiger partial charge in [0.25, 0.3) is 0 Å². The number of aryl methyl sites for hydroxylation is 1. The van der Waals surface area contributed by atoms with Crippen LogP contribution in [0.1, 0.15) is 67.8 Å². The molecule has 32 heavy (non-hydrogen) atoms. The van der Waals surface area contributed by atoms with E-state index in [4.69, 9.17) is 9.72 Å². The number of carboxylic acid groups (broad SMARTS) is 1. The molecule has 4 nitrogen and oxygen atoms in total. The predicted molar refractivity (Wildman–Crippen MR) is 132 cm³/mol. The number of pyridine rings is 1. The van der Waals surface area contributed by atoms with Crippen molar-refractivity contribution >= 4 is 21.9 Å². The average molecular weight is 496 g/mol. The molecule has 0 atom stereocenters. The van der Waals surface area contributed by atoms with Crippen LogP contribution in [-0.4, -0.2) is 16.1 Å². The number of nitrogens with zero attached hydrogens (tertiary/aromatic N) is 1. The van der Waals surface area contributed by atoms with E-state index < -0.39 is 5.97 Å². The quantitative estimate of drug-likeness (QED) is 0.335. The van der Waals surface area contributed by atoms with Crippen molar-refractivity contribution in [1.82, 2.24) is 4.98 Å². The van der Waals surface area contributed by atoms with Gasteiger partial charge in [0.05, 0.1) is 11.3 Å². The first-order valence-corrected chi connectivity index (χ1v) is 11.8. The van der Waals surface area contributed by atoms with E-state index >= 15 is 0 Å². The first-order chi connectivity index (χ1) is 15.2. The van der Waals surface area contributed by atoms with E-state index in [1.165, 1.54) is 5.56 Å². The minimum Gasteiger partial charge on any atom is -0.487 e. The molecule has 5 heteroatoms. The third-order valence-electron chi connectivity index (χ3n) is 5.95. The Morgan fingerprint density at radius 3 is 2.25 bits per heavy atom. The van der Waals surface area contributed by atoms with Gasteiger partial charge in [0, 0.05) is 15.7 Å². The fraction of sp³-hybridized carbons (Fsp3) is 0.333. The SMILES string of the molecule is CCCc1nc(COc2ccc(C(C)(C)CC)cc2)c(C(=O)O)cc1-c1ccc(Br)cc1. The largest absolute Gasteiger partial charge is 0.487 e. The van der Waals surface area contributed by atoms with Crippen molar-refractivity contribution in [3.8, 4) is 16.9 Å². The normalized spacial score (nSPS) is 11.4. The second-order valence-electron chi connectivity index (χ2n) is 8.59. The third-order valence-corrected chi connectivity index (χ3v) is 6.48. The Labute approximate surface area is 198 Å². The van der Waals surface area contributed by atoms with Gasteiger partial charge in [-0.15, -0.1) is 0 Å². The molecule has 1 heterocycles. The second kappa shape index (κ2) is 10.3. The molecule has 0 saturated carbocycles. The molecule has 0 aliphatic carbocycles. The summed E-state index contributed by atoms with van der Waals surface area (Å²) in [5.74, 6) is -0.301. The van der Waals surface area contributed by atoms with Crippen molar-refractivity contribution < 1.29 is 14.6 Å². The highest BCUT2D eigenvalue weighted by Gasteiger charge is 2.19. The first kappa shape index (κ1) is 24.0. The summed E-state index contributed by atoms with van der Waals surface area (Å²) in [6.45, 7) is 8.81. The van der Waals surface area contributed by atoms with Gasteiger partial charge >= 0.3 is 5.97 Å².